The van der Waals surface area contributed by atoms with Crippen LogP contribution >= 0.6 is 11.6 Å². The third-order valence-electron chi connectivity index (χ3n) is 2.17. The van der Waals surface area contributed by atoms with Gasteiger partial charge in [-0.2, -0.15) is 10.3 Å². The summed E-state index contributed by atoms with van der Waals surface area (Å²) in [6.45, 7) is 4.68. The zero-order valence-corrected chi connectivity index (χ0v) is 9.28. The molecular weight excluding hydrogens is 216 g/mol. The van der Waals surface area contributed by atoms with Crippen LogP contribution in [0, 0.1) is 6.92 Å². The molecule has 2 heterocycles. The molecule has 0 aliphatic carbocycles. The molecule has 0 saturated heterocycles. The molecule has 15 heavy (non-hydrogen) atoms. The second kappa shape index (κ2) is 3.98. The van der Waals surface area contributed by atoms with Gasteiger partial charge in [0.1, 0.15) is 0 Å². The Bertz CT molecular complexity index is 446. The first-order valence-corrected chi connectivity index (χ1v) is 5.04. The van der Waals surface area contributed by atoms with E-state index in [1.807, 2.05) is 18.5 Å². The second-order valence-electron chi connectivity index (χ2n) is 3.17. The Balaban J connectivity index is 2.34. The minimum absolute atomic E-state index is 0.546. The van der Waals surface area contributed by atoms with E-state index in [9.17, 15) is 0 Å². The van der Waals surface area contributed by atoms with Crippen LogP contribution in [0.15, 0.2) is 0 Å². The molecule has 0 aliphatic rings. The van der Waals surface area contributed by atoms with E-state index in [2.05, 4.69) is 25.7 Å². The summed E-state index contributed by atoms with van der Waals surface area (Å²) in [6.07, 6.45) is 0.546. The number of hydrogen-bond donors (Lipinski definition) is 1. The highest BCUT2D eigenvalue weighted by molar-refractivity contribution is 6.31. The van der Waals surface area contributed by atoms with Gasteiger partial charge in [-0.3, -0.25) is 4.68 Å². The molecule has 0 aromatic carbocycles. The van der Waals surface area contributed by atoms with E-state index < -0.39 is 0 Å². The van der Waals surface area contributed by atoms with Crippen LogP contribution in [0.5, 0.6) is 0 Å². The highest BCUT2D eigenvalue weighted by atomic mass is 35.5. The van der Waals surface area contributed by atoms with E-state index in [1.54, 1.807) is 0 Å². The predicted molar refractivity (Wildman–Crippen MR) is 54.6 cm³/mol. The Labute approximate surface area is 91.6 Å². The van der Waals surface area contributed by atoms with Gasteiger partial charge in [-0.15, -0.1) is 10.2 Å². The van der Waals surface area contributed by atoms with E-state index in [0.29, 0.717) is 17.3 Å². The molecule has 0 radical (unpaired) electrons. The van der Waals surface area contributed by atoms with Gasteiger partial charge in [0.2, 0.25) is 0 Å². The van der Waals surface area contributed by atoms with Gasteiger partial charge in [0.25, 0.3) is 0 Å². The number of nitrogens with zero attached hydrogens (tertiary/aromatic N) is 5. The quantitative estimate of drug-likeness (QED) is 0.847. The maximum Gasteiger partial charge on any atom is 0.180 e. The van der Waals surface area contributed by atoms with Crippen molar-refractivity contribution >= 4 is 11.6 Å². The molecule has 2 aromatic rings. The largest absolute Gasteiger partial charge is 0.268 e. The average molecular weight is 227 g/mol. The standard InChI is InChI=1S/C8H11ClN6/c1-3-15-6(8(9)5(2)12-15)4-7-10-13-14-11-7/h3-4H2,1-2H3,(H,10,11,13,14). The number of rotatable bonds is 3. The molecule has 2 rings (SSSR count). The Kier molecular flexibility index (Phi) is 2.68. The molecule has 1 N–H and O–H groups in total. The van der Waals surface area contributed by atoms with Crippen molar-refractivity contribution in [1.29, 1.82) is 0 Å². The topological polar surface area (TPSA) is 72.3 Å². The summed E-state index contributed by atoms with van der Waals surface area (Å²) in [5, 5.41) is 18.7. The molecule has 2 aromatic heterocycles. The molecule has 80 valence electrons. The molecule has 0 unspecified atom stereocenters. The van der Waals surface area contributed by atoms with Crippen molar-refractivity contribution in [2.75, 3.05) is 0 Å². The first kappa shape index (κ1) is 10.1. The smallest absolute Gasteiger partial charge is 0.180 e. The monoisotopic (exact) mass is 226 g/mol. The minimum atomic E-state index is 0.546. The zero-order valence-electron chi connectivity index (χ0n) is 8.53. The summed E-state index contributed by atoms with van der Waals surface area (Å²) in [6, 6.07) is 0. The lowest BCUT2D eigenvalue weighted by Crippen LogP contribution is -2.04. The van der Waals surface area contributed by atoms with Gasteiger partial charge >= 0.3 is 0 Å². The number of nitrogens with one attached hydrogen (secondary N) is 1. The lowest BCUT2D eigenvalue weighted by molar-refractivity contribution is 0.621. The van der Waals surface area contributed by atoms with E-state index in [4.69, 9.17) is 11.6 Å². The summed E-state index contributed by atoms with van der Waals surface area (Å²) in [4.78, 5) is 0. The fourth-order valence-corrected chi connectivity index (χ4v) is 1.65. The highest BCUT2D eigenvalue weighted by Crippen LogP contribution is 2.21. The van der Waals surface area contributed by atoms with Gasteiger partial charge in [0.05, 0.1) is 22.8 Å². The molecule has 0 aliphatic heterocycles. The summed E-state index contributed by atoms with van der Waals surface area (Å²) >= 11 is 6.14. The van der Waals surface area contributed by atoms with Crippen LogP contribution in [0.25, 0.3) is 0 Å². The van der Waals surface area contributed by atoms with Crippen LogP contribution < -0.4 is 0 Å². The summed E-state index contributed by atoms with van der Waals surface area (Å²) in [5.74, 6) is 0.617. The molecule has 0 fully saturated rings. The Morgan fingerprint density at radius 3 is 2.87 bits per heavy atom. The van der Waals surface area contributed by atoms with Crippen molar-refractivity contribution < 1.29 is 0 Å². The van der Waals surface area contributed by atoms with Crippen molar-refractivity contribution in [2.24, 2.45) is 0 Å². The SMILES string of the molecule is CCn1nc(C)c(Cl)c1Cc1nn[nH]n1. The maximum atomic E-state index is 6.14. The van der Waals surface area contributed by atoms with Gasteiger partial charge < -0.3 is 0 Å². The van der Waals surface area contributed by atoms with Crippen LogP contribution in [0.4, 0.5) is 0 Å². The minimum Gasteiger partial charge on any atom is -0.268 e. The third-order valence-corrected chi connectivity index (χ3v) is 2.66. The number of aryl methyl sites for hydroxylation is 2. The van der Waals surface area contributed by atoms with Gasteiger partial charge in [-0.1, -0.05) is 16.8 Å². The first-order valence-electron chi connectivity index (χ1n) is 4.66. The Morgan fingerprint density at radius 1 is 1.47 bits per heavy atom. The second-order valence-corrected chi connectivity index (χ2v) is 3.54. The molecule has 0 amide bonds. The highest BCUT2D eigenvalue weighted by Gasteiger charge is 2.14. The number of hydrogen-bond acceptors (Lipinski definition) is 4. The molecule has 0 atom stereocenters. The van der Waals surface area contributed by atoms with Gasteiger partial charge in [0.15, 0.2) is 5.82 Å². The van der Waals surface area contributed by atoms with Crippen molar-refractivity contribution in [1.82, 2.24) is 30.4 Å². The fraction of sp³-hybridized carbons (Fsp3) is 0.500. The molecule has 0 saturated carbocycles. The van der Waals surface area contributed by atoms with Crippen molar-refractivity contribution in [3.63, 3.8) is 0 Å². The van der Waals surface area contributed by atoms with E-state index in [0.717, 1.165) is 17.9 Å². The number of tetrazole rings is 1. The molecule has 7 heteroatoms. The fourth-order valence-electron chi connectivity index (χ4n) is 1.45. The summed E-state index contributed by atoms with van der Waals surface area (Å²) in [5.41, 5.74) is 1.76. The van der Waals surface area contributed by atoms with Crippen LogP contribution in [0.3, 0.4) is 0 Å². The van der Waals surface area contributed by atoms with Crippen LogP contribution in [0.2, 0.25) is 5.02 Å². The van der Waals surface area contributed by atoms with Crippen molar-refractivity contribution in [2.45, 2.75) is 26.8 Å². The maximum absolute atomic E-state index is 6.14. The van der Waals surface area contributed by atoms with Gasteiger partial charge in [-0.25, -0.2) is 0 Å². The van der Waals surface area contributed by atoms with Crippen LogP contribution in [-0.4, -0.2) is 30.4 Å². The lowest BCUT2D eigenvalue weighted by Gasteiger charge is -2.01. The third kappa shape index (κ3) is 1.85. The predicted octanol–water partition coefficient (Wildman–Crippen LogP) is 0.969. The lowest BCUT2D eigenvalue weighted by atomic mass is 10.2. The molecule has 6 nitrogen and oxygen atoms in total. The molecular formula is C8H11ClN6. The van der Waals surface area contributed by atoms with Gasteiger partial charge in [0, 0.05) is 6.54 Å². The number of aromatic nitrogens is 6. The van der Waals surface area contributed by atoms with Crippen LogP contribution in [-0.2, 0) is 13.0 Å². The Morgan fingerprint density at radius 2 is 2.27 bits per heavy atom. The normalized spacial score (nSPS) is 10.9. The van der Waals surface area contributed by atoms with E-state index in [-0.39, 0.29) is 0 Å². The molecule has 0 bridgehead atoms. The van der Waals surface area contributed by atoms with Crippen molar-refractivity contribution in [3.8, 4) is 0 Å². The van der Waals surface area contributed by atoms with E-state index in [1.165, 1.54) is 0 Å². The number of aromatic amines is 1. The number of halogens is 1. The number of H-pyrrole nitrogens is 1. The summed E-state index contributed by atoms with van der Waals surface area (Å²) < 4.78 is 1.86. The average Bonchev–Trinajstić information content (AvgIpc) is 2.82. The zero-order chi connectivity index (χ0) is 10.8. The van der Waals surface area contributed by atoms with Gasteiger partial charge in [-0.05, 0) is 13.8 Å². The van der Waals surface area contributed by atoms with Crippen molar-refractivity contribution in [3.05, 3.63) is 22.2 Å². The molecule has 0 spiro atoms. The first-order chi connectivity index (χ1) is 7.22. The summed E-state index contributed by atoms with van der Waals surface area (Å²) in [7, 11) is 0. The van der Waals surface area contributed by atoms with E-state index >= 15 is 0 Å². The van der Waals surface area contributed by atoms with Crippen LogP contribution in [0.1, 0.15) is 24.1 Å². The Hall–Kier alpha value is -1.43.